The van der Waals surface area contributed by atoms with E-state index in [-0.39, 0.29) is 5.78 Å². The maximum absolute atomic E-state index is 12.5. The third kappa shape index (κ3) is 4.68. The second-order valence-corrected chi connectivity index (χ2v) is 5.92. The number of ether oxygens (including phenoxy) is 1. The zero-order chi connectivity index (χ0) is 15.9. The van der Waals surface area contributed by atoms with E-state index in [1.165, 1.54) is 0 Å². The lowest BCUT2D eigenvalue weighted by Gasteiger charge is -2.32. The van der Waals surface area contributed by atoms with Gasteiger partial charge in [-0.15, -0.1) is 0 Å². The molecule has 4 heteroatoms. The summed E-state index contributed by atoms with van der Waals surface area (Å²) in [7, 11) is 2.14. The topological polar surface area (TPSA) is 32.8 Å². The molecule has 1 fully saturated rings. The highest BCUT2D eigenvalue weighted by atomic mass is 16.5. The van der Waals surface area contributed by atoms with Gasteiger partial charge in [0.2, 0.25) is 0 Å². The van der Waals surface area contributed by atoms with Crippen molar-refractivity contribution in [1.29, 1.82) is 0 Å². The summed E-state index contributed by atoms with van der Waals surface area (Å²) >= 11 is 0. The molecule has 1 aliphatic heterocycles. The maximum Gasteiger partial charge on any atom is 0.167 e. The number of rotatable bonds is 7. The second kappa shape index (κ2) is 8.11. The van der Waals surface area contributed by atoms with E-state index < -0.39 is 0 Å². The van der Waals surface area contributed by atoms with E-state index in [9.17, 15) is 4.79 Å². The summed E-state index contributed by atoms with van der Waals surface area (Å²) in [6, 6.07) is 5.77. The first-order chi connectivity index (χ1) is 10.6. The second-order valence-electron chi connectivity index (χ2n) is 5.92. The molecule has 0 unspecified atom stereocenters. The van der Waals surface area contributed by atoms with Crippen LogP contribution in [0.5, 0.6) is 5.75 Å². The van der Waals surface area contributed by atoms with Crippen molar-refractivity contribution in [2.45, 2.75) is 13.3 Å². The molecule has 1 aliphatic rings. The minimum Gasteiger partial charge on any atom is -0.489 e. The number of benzene rings is 1. The summed E-state index contributed by atoms with van der Waals surface area (Å²) in [6.45, 7) is 11.1. The Morgan fingerprint density at radius 1 is 1.32 bits per heavy atom. The number of hydrogen-bond donors (Lipinski definition) is 0. The molecule has 4 nitrogen and oxygen atoms in total. The minimum absolute atomic E-state index is 0.154. The van der Waals surface area contributed by atoms with Gasteiger partial charge in [0.15, 0.2) is 5.78 Å². The van der Waals surface area contributed by atoms with E-state index in [2.05, 4.69) is 23.4 Å². The van der Waals surface area contributed by atoms with Crippen LogP contribution in [-0.4, -0.2) is 62.0 Å². The molecule has 120 valence electrons. The number of ketones is 1. The minimum atomic E-state index is 0.154. The molecule has 0 aromatic heterocycles. The van der Waals surface area contributed by atoms with E-state index in [0.717, 1.165) is 38.3 Å². The van der Waals surface area contributed by atoms with Gasteiger partial charge in [-0.1, -0.05) is 24.3 Å². The molecule has 0 spiro atoms. The predicted molar refractivity (Wildman–Crippen MR) is 89.8 cm³/mol. The average Bonchev–Trinajstić information content (AvgIpc) is 2.53. The Morgan fingerprint density at radius 2 is 2.05 bits per heavy atom. The highest BCUT2D eigenvalue weighted by Gasteiger charge is 2.17. The average molecular weight is 302 g/mol. The van der Waals surface area contributed by atoms with E-state index in [4.69, 9.17) is 4.74 Å². The molecule has 1 saturated heterocycles. The van der Waals surface area contributed by atoms with Crippen LogP contribution in [0.1, 0.15) is 22.3 Å². The summed E-state index contributed by atoms with van der Waals surface area (Å²) in [5.41, 5.74) is 1.77. The molecule has 1 aromatic carbocycles. The van der Waals surface area contributed by atoms with Gasteiger partial charge in [-0.2, -0.15) is 0 Å². The summed E-state index contributed by atoms with van der Waals surface area (Å²) < 4.78 is 5.61. The van der Waals surface area contributed by atoms with Gasteiger partial charge in [0.1, 0.15) is 12.4 Å². The van der Waals surface area contributed by atoms with Gasteiger partial charge in [0, 0.05) is 39.1 Å². The van der Waals surface area contributed by atoms with Crippen LogP contribution in [0.4, 0.5) is 0 Å². The maximum atomic E-state index is 12.5. The van der Waals surface area contributed by atoms with Gasteiger partial charge in [-0.05, 0) is 26.1 Å². The lowest BCUT2D eigenvalue weighted by molar-refractivity contribution is 0.0938. The number of aryl methyl sites for hydroxylation is 1. The molecule has 0 radical (unpaired) electrons. The first kappa shape index (κ1) is 16.7. The molecule has 22 heavy (non-hydrogen) atoms. The van der Waals surface area contributed by atoms with Gasteiger partial charge in [-0.3, -0.25) is 4.79 Å². The fourth-order valence-electron chi connectivity index (χ4n) is 2.60. The Labute approximate surface area is 133 Å². The van der Waals surface area contributed by atoms with E-state index in [1.807, 2.05) is 25.1 Å². The van der Waals surface area contributed by atoms with Gasteiger partial charge < -0.3 is 14.5 Å². The first-order valence-electron chi connectivity index (χ1n) is 7.88. The lowest BCUT2D eigenvalue weighted by Crippen LogP contribution is -2.45. The van der Waals surface area contributed by atoms with Crippen LogP contribution in [-0.2, 0) is 0 Å². The molecular formula is C18H26N2O2. The zero-order valence-corrected chi connectivity index (χ0v) is 13.7. The summed E-state index contributed by atoms with van der Waals surface area (Å²) in [6.07, 6.45) is 2.23. The van der Waals surface area contributed by atoms with Gasteiger partial charge in [-0.25, -0.2) is 0 Å². The van der Waals surface area contributed by atoms with Crippen LogP contribution in [0.15, 0.2) is 30.9 Å². The highest BCUT2D eigenvalue weighted by Crippen LogP contribution is 2.22. The molecule has 0 N–H and O–H groups in total. The highest BCUT2D eigenvalue weighted by molar-refractivity contribution is 5.99. The smallest absolute Gasteiger partial charge is 0.167 e. The standard InChI is InChI=1S/C18H26N2O2/c1-4-13-22-18-6-5-15(2)14-16(18)17(21)7-8-20-11-9-19(3)10-12-20/h4-6,14H,1,7-13H2,2-3H3. The molecular weight excluding hydrogens is 276 g/mol. The van der Waals surface area contributed by atoms with Crippen molar-refractivity contribution < 1.29 is 9.53 Å². The Bertz CT molecular complexity index is 520. The number of carbonyl (C=O) groups excluding carboxylic acids is 1. The Balaban J connectivity index is 1.96. The molecule has 1 heterocycles. The van der Waals surface area contributed by atoms with Crippen molar-refractivity contribution in [3.05, 3.63) is 42.0 Å². The monoisotopic (exact) mass is 302 g/mol. The van der Waals surface area contributed by atoms with Crippen LogP contribution in [0, 0.1) is 6.92 Å². The van der Waals surface area contributed by atoms with Gasteiger partial charge >= 0.3 is 0 Å². The number of hydrogen-bond acceptors (Lipinski definition) is 4. The number of Topliss-reactive ketones (excluding diaryl/α,β-unsaturated/α-hetero) is 1. The van der Waals surface area contributed by atoms with Gasteiger partial charge in [0.25, 0.3) is 0 Å². The fourth-order valence-corrected chi connectivity index (χ4v) is 2.60. The molecule has 0 bridgehead atoms. The predicted octanol–water partition coefficient (Wildman–Crippen LogP) is 2.38. The molecule has 0 aliphatic carbocycles. The summed E-state index contributed by atoms with van der Waals surface area (Å²) in [4.78, 5) is 17.2. The molecule has 0 atom stereocenters. The first-order valence-corrected chi connectivity index (χ1v) is 7.88. The Kier molecular flexibility index (Phi) is 6.16. The van der Waals surface area contributed by atoms with Crippen molar-refractivity contribution in [3.8, 4) is 5.75 Å². The number of nitrogens with zero attached hydrogens (tertiary/aromatic N) is 2. The molecule has 1 aromatic rings. The van der Waals surface area contributed by atoms with Crippen LogP contribution in [0.25, 0.3) is 0 Å². The quantitative estimate of drug-likeness (QED) is 0.572. The fraction of sp³-hybridized carbons (Fsp3) is 0.500. The Hall–Kier alpha value is -1.65. The van der Waals surface area contributed by atoms with Crippen molar-refractivity contribution in [2.24, 2.45) is 0 Å². The van der Waals surface area contributed by atoms with Crippen LogP contribution in [0.3, 0.4) is 0 Å². The van der Waals surface area contributed by atoms with E-state index >= 15 is 0 Å². The van der Waals surface area contributed by atoms with Crippen molar-refractivity contribution in [1.82, 2.24) is 9.80 Å². The normalized spacial score (nSPS) is 16.5. The molecule has 0 saturated carbocycles. The van der Waals surface area contributed by atoms with Crippen LogP contribution < -0.4 is 4.74 Å². The largest absolute Gasteiger partial charge is 0.489 e. The SMILES string of the molecule is C=CCOc1ccc(C)cc1C(=O)CCN1CCN(C)CC1. The summed E-state index contributed by atoms with van der Waals surface area (Å²) in [5.74, 6) is 0.815. The van der Waals surface area contributed by atoms with Crippen molar-refractivity contribution >= 4 is 5.78 Å². The Morgan fingerprint density at radius 3 is 2.73 bits per heavy atom. The van der Waals surface area contributed by atoms with Crippen molar-refractivity contribution in [3.63, 3.8) is 0 Å². The third-order valence-electron chi connectivity index (χ3n) is 4.04. The number of carbonyl (C=O) groups is 1. The molecule has 2 rings (SSSR count). The number of likely N-dealkylation sites (N-methyl/N-ethyl adjacent to an activating group) is 1. The van der Waals surface area contributed by atoms with E-state index in [1.54, 1.807) is 6.08 Å². The van der Waals surface area contributed by atoms with Crippen LogP contribution in [0.2, 0.25) is 0 Å². The summed E-state index contributed by atoms with van der Waals surface area (Å²) in [5, 5.41) is 0. The van der Waals surface area contributed by atoms with Gasteiger partial charge in [0.05, 0.1) is 5.56 Å². The van der Waals surface area contributed by atoms with Crippen LogP contribution >= 0.6 is 0 Å². The van der Waals surface area contributed by atoms with E-state index in [0.29, 0.717) is 24.3 Å². The third-order valence-corrected chi connectivity index (χ3v) is 4.04. The van der Waals surface area contributed by atoms with Crippen molar-refractivity contribution in [2.75, 3.05) is 46.4 Å². The zero-order valence-electron chi connectivity index (χ0n) is 13.7. The molecule has 0 amide bonds. The lowest BCUT2D eigenvalue weighted by atomic mass is 10.0. The number of piperazine rings is 1.